The maximum atomic E-state index is 12.8. The highest BCUT2D eigenvalue weighted by atomic mass is 16.1. The van der Waals surface area contributed by atoms with Crippen LogP contribution < -0.4 is 10.6 Å². The Labute approximate surface area is 176 Å². The standard InChI is InChI=1S/C26H23N3O/c30-25(29-23-16-8-7-15-22(23)20-11-3-1-4-12-20)19-28-26(21-13-5-2-6-14-21)24-17-9-10-18-27-24/h1-18,26,28H,19H2,(H,29,30). The first kappa shape index (κ1) is 19.6. The van der Waals surface area contributed by atoms with Crippen LogP contribution in [0.25, 0.3) is 11.1 Å². The summed E-state index contributed by atoms with van der Waals surface area (Å²) < 4.78 is 0. The van der Waals surface area contributed by atoms with Crippen LogP contribution in [0.15, 0.2) is 109 Å². The Morgan fingerprint density at radius 3 is 2.17 bits per heavy atom. The van der Waals surface area contributed by atoms with Crippen LogP contribution in [0, 0.1) is 0 Å². The summed E-state index contributed by atoms with van der Waals surface area (Å²) >= 11 is 0. The summed E-state index contributed by atoms with van der Waals surface area (Å²) in [5, 5.41) is 6.40. The van der Waals surface area contributed by atoms with Crippen LogP contribution in [0.3, 0.4) is 0 Å². The van der Waals surface area contributed by atoms with Gasteiger partial charge in [-0.25, -0.2) is 0 Å². The predicted octanol–water partition coefficient (Wildman–Crippen LogP) is 5.07. The van der Waals surface area contributed by atoms with Crippen molar-refractivity contribution in [1.29, 1.82) is 0 Å². The molecular formula is C26H23N3O. The van der Waals surface area contributed by atoms with Crippen LogP contribution >= 0.6 is 0 Å². The highest BCUT2D eigenvalue weighted by molar-refractivity contribution is 5.96. The number of anilines is 1. The summed E-state index contributed by atoms with van der Waals surface area (Å²) in [6.45, 7) is 0.166. The third-order valence-corrected chi connectivity index (χ3v) is 4.87. The van der Waals surface area contributed by atoms with Crippen molar-refractivity contribution in [2.75, 3.05) is 11.9 Å². The molecule has 1 amide bonds. The topological polar surface area (TPSA) is 54.0 Å². The number of pyridine rings is 1. The zero-order chi connectivity index (χ0) is 20.6. The molecule has 4 aromatic rings. The van der Waals surface area contributed by atoms with Gasteiger partial charge in [0, 0.05) is 17.4 Å². The average molecular weight is 393 g/mol. The molecule has 0 fully saturated rings. The lowest BCUT2D eigenvalue weighted by Gasteiger charge is -2.19. The minimum absolute atomic E-state index is 0.102. The number of hydrogen-bond donors (Lipinski definition) is 2. The van der Waals surface area contributed by atoms with Gasteiger partial charge in [0.05, 0.1) is 18.3 Å². The Morgan fingerprint density at radius 1 is 0.767 bits per heavy atom. The Kier molecular flexibility index (Phi) is 6.28. The second kappa shape index (κ2) is 9.63. The number of amides is 1. The van der Waals surface area contributed by atoms with Gasteiger partial charge in [0.15, 0.2) is 0 Å². The smallest absolute Gasteiger partial charge is 0.238 e. The lowest BCUT2D eigenvalue weighted by Crippen LogP contribution is -2.32. The van der Waals surface area contributed by atoms with E-state index in [1.54, 1.807) is 6.20 Å². The van der Waals surface area contributed by atoms with E-state index in [1.807, 2.05) is 103 Å². The van der Waals surface area contributed by atoms with E-state index in [0.29, 0.717) is 0 Å². The Hall–Kier alpha value is -3.76. The Bertz CT molecular complexity index is 1040. The number of nitrogens with one attached hydrogen (secondary N) is 2. The van der Waals surface area contributed by atoms with Crippen LogP contribution in [0.1, 0.15) is 17.3 Å². The zero-order valence-electron chi connectivity index (χ0n) is 16.5. The number of benzene rings is 3. The molecule has 0 aliphatic heterocycles. The molecule has 2 N–H and O–H groups in total. The molecule has 4 heteroatoms. The van der Waals surface area contributed by atoms with E-state index < -0.39 is 0 Å². The van der Waals surface area contributed by atoms with Gasteiger partial charge in [-0.3, -0.25) is 15.1 Å². The fraction of sp³-hybridized carbons (Fsp3) is 0.0769. The van der Waals surface area contributed by atoms with Crippen LogP contribution in [-0.2, 0) is 4.79 Å². The summed E-state index contributed by atoms with van der Waals surface area (Å²) in [7, 11) is 0. The van der Waals surface area contributed by atoms with Gasteiger partial charge >= 0.3 is 0 Å². The lowest BCUT2D eigenvalue weighted by atomic mass is 10.0. The maximum absolute atomic E-state index is 12.8. The molecule has 0 spiro atoms. The quantitative estimate of drug-likeness (QED) is 0.461. The van der Waals surface area contributed by atoms with Crippen molar-refractivity contribution in [2.24, 2.45) is 0 Å². The zero-order valence-corrected chi connectivity index (χ0v) is 16.5. The number of hydrogen-bond acceptors (Lipinski definition) is 3. The Balaban J connectivity index is 1.49. The molecule has 1 aromatic heterocycles. The molecule has 0 aliphatic carbocycles. The van der Waals surface area contributed by atoms with Crippen LogP contribution in [-0.4, -0.2) is 17.4 Å². The van der Waals surface area contributed by atoms with Crippen molar-refractivity contribution in [1.82, 2.24) is 10.3 Å². The van der Waals surface area contributed by atoms with E-state index in [4.69, 9.17) is 0 Å². The van der Waals surface area contributed by atoms with Gasteiger partial charge in [-0.15, -0.1) is 0 Å². The van der Waals surface area contributed by atoms with Crippen LogP contribution in [0.2, 0.25) is 0 Å². The minimum atomic E-state index is -0.164. The maximum Gasteiger partial charge on any atom is 0.238 e. The van der Waals surface area contributed by atoms with Gasteiger partial charge < -0.3 is 5.32 Å². The van der Waals surface area contributed by atoms with Crippen molar-refractivity contribution in [3.05, 3.63) is 121 Å². The molecule has 1 unspecified atom stereocenters. The van der Waals surface area contributed by atoms with Gasteiger partial charge in [-0.05, 0) is 29.3 Å². The van der Waals surface area contributed by atoms with Crippen LogP contribution in [0.4, 0.5) is 5.69 Å². The van der Waals surface area contributed by atoms with E-state index in [0.717, 1.165) is 28.1 Å². The monoisotopic (exact) mass is 393 g/mol. The summed E-state index contributed by atoms with van der Waals surface area (Å²) in [5.41, 5.74) is 4.80. The highest BCUT2D eigenvalue weighted by Gasteiger charge is 2.16. The van der Waals surface area contributed by atoms with E-state index in [-0.39, 0.29) is 18.5 Å². The van der Waals surface area contributed by atoms with Crippen molar-refractivity contribution < 1.29 is 4.79 Å². The molecule has 4 rings (SSSR count). The molecule has 0 radical (unpaired) electrons. The largest absolute Gasteiger partial charge is 0.324 e. The number of carbonyl (C=O) groups is 1. The number of para-hydroxylation sites is 1. The third-order valence-electron chi connectivity index (χ3n) is 4.87. The first-order valence-electron chi connectivity index (χ1n) is 9.95. The summed E-state index contributed by atoms with van der Waals surface area (Å²) in [6, 6.07) is 33.6. The molecule has 1 heterocycles. The predicted molar refractivity (Wildman–Crippen MR) is 121 cm³/mol. The lowest BCUT2D eigenvalue weighted by molar-refractivity contribution is -0.115. The molecule has 0 bridgehead atoms. The van der Waals surface area contributed by atoms with Gasteiger partial charge in [0.1, 0.15) is 0 Å². The van der Waals surface area contributed by atoms with Gasteiger partial charge in [-0.2, -0.15) is 0 Å². The van der Waals surface area contributed by atoms with Gasteiger partial charge in [-0.1, -0.05) is 84.9 Å². The van der Waals surface area contributed by atoms with E-state index in [9.17, 15) is 4.79 Å². The summed E-state index contributed by atoms with van der Waals surface area (Å²) in [5.74, 6) is -0.102. The second-order valence-corrected chi connectivity index (χ2v) is 6.94. The molecule has 0 aliphatic rings. The van der Waals surface area contributed by atoms with Crippen molar-refractivity contribution in [3.63, 3.8) is 0 Å². The minimum Gasteiger partial charge on any atom is -0.324 e. The van der Waals surface area contributed by atoms with Gasteiger partial charge in [0.25, 0.3) is 0 Å². The fourth-order valence-corrected chi connectivity index (χ4v) is 3.44. The number of nitrogens with zero attached hydrogens (tertiary/aromatic N) is 1. The normalized spacial score (nSPS) is 11.6. The average Bonchev–Trinajstić information content (AvgIpc) is 2.81. The summed E-state index contributed by atoms with van der Waals surface area (Å²) in [4.78, 5) is 17.2. The highest BCUT2D eigenvalue weighted by Crippen LogP contribution is 2.27. The Morgan fingerprint density at radius 2 is 1.43 bits per heavy atom. The number of aromatic nitrogens is 1. The molecule has 0 saturated heterocycles. The van der Waals surface area contributed by atoms with E-state index >= 15 is 0 Å². The van der Waals surface area contributed by atoms with E-state index in [1.165, 1.54) is 0 Å². The number of rotatable bonds is 7. The SMILES string of the molecule is O=C(CNC(c1ccccc1)c1ccccn1)Nc1ccccc1-c1ccccc1. The molecule has 30 heavy (non-hydrogen) atoms. The van der Waals surface area contributed by atoms with Crippen molar-refractivity contribution >= 4 is 11.6 Å². The van der Waals surface area contributed by atoms with E-state index in [2.05, 4.69) is 15.6 Å². The first-order chi connectivity index (χ1) is 14.8. The molecule has 3 aromatic carbocycles. The number of carbonyl (C=O) groups excluding carboxylic acids is 1. The molecule has 148 valence electrons. The van der Waals surface area contributed by atoms with Crippen molar-refractivity contribution in [3.8, 4) is 11.1 Å². The second-order valence-electron chi connectivity index (χ2n) is 6.94. The fourth-order valence-electron chi connectivity index (χ4n) is 3.44. The van der Waals surface area contributed by atoms with Crippen molar-refractivity contribution in [2.45, 2.75) is 6.04 Å². The molecular weight excluding hydrogens is 370 g/mol. The molecule has 0 saturated carbocycles. The molecule has 4 nitrogen and oxygen atoms in total. The van der Waals surface area contributed by atoms with Crippen LogP contribution in [0.5, 0.6) is 0 Å². The summed E-state index contributed by atoms with van der Waals surface area (Å²) in [6.07, 6.45) is 1.77. The third kappa shape index (κ3) is 4.80. The van der Waals surface area contributed by atoms with Gasteiger partial charge in [0.2, 0.25) is 5.91 Å². The molecule has 1 atom stereocenters. The first-order valence-corrected chi connectivity index (χ1v) is 9.95.